The van der Waals surface area contributed by atoms with Crippen LogP contribution in [0, 0.1) is 0 Å². The van der Waals surface area contributed by atoms with Gasteiger partial charge in [0.05, 0.1) is 5.41 Å². The number of fused-ring (bicyclic) bond motifs is 4. The lowest BCUT2D eigenvalue weighted by Gasteiger charge is -2.47. The van der Waals surface area contributed by atoms with E-state index in [-0.39, 0.29) is 17.9 Å². The Labute approximate surface area is 205 Å². The van der Waals surface area contributed by atoms with Crippen molar-refractivity contribution in [1.29, 1.82) is 0 Å². The average molecular weight is 461 g/mol. The molecule has 2 aliphatic heterocycles. The van der Waals surface area contributed by atoms with Crippen molar-refractivity contribution >= 4 is 28.4 Å². The minimum Gasteiger partial charge on any atom is -0.463 e. The Bertz CT molecular complexity index is 1460. The third-order valence-corrected chi connectivity index (χ3v) is 7.47. The molecule has 0 saturated carbocycles. The summed E-state index contributed by atoms with van der Waals surface area (Å²) in [7, 11) is 0. The summed E-state index contributed by atoms with van der Waals surface area (Å²) >= 11 is 0. The van der Waals surface area contributed by atoms with E-state index < -0.39 is 5.72 Å². The quantitative estimate of drug-likeness (QED) is 0.403. The molecule has 35 heavy (non-hydrogen) atoms. The Balaban J connectivity index is 1.38. The number of anilines is 1. The molecule has 1 N–H and O–H groups in total. The molecule has 4 heteroatoms. The van der Waals surface area contributed by atoms with Crippen molar-refractivity contribution < 1.29 is 9.53 Å². The zero-order valence-electron chi connectivity index (χ0n) is 20.0. The Kier molecular flexibility index (Phi) is 4.92. The van der Waals surface area contributed by atoms with Crippen molar-refractivity contribution in [2.75, 3.05) is 11.4 Å². The maximum Gasteiger partial charge on any atom is 0.239 e. The molecule has 1 amide bonds. The number of carbonyl (C=O) groups is 1. The molecule has 1 atom stereocenters. The van der Waals surface area contributed by atoms with Crippen LogP contribution in [0.4, 0.5) is 5.69 Å². The molecule has 0 bridgehead atoms. The number of rotatable bonds is 4. The summed E-state index contributed by atoms with van der Waals surface area (Å²) in [6.45, 7) is 5.09. The number of carbonyl (C=O) groups excluding carboxylic acids is 1. The molecule has 0 radical (unpaired) electrons. The number of nitrogens with one attached hydrogen (secondary N) is 1. The maximum atomic E-state index is 13.2. The van der Waals surface area contributed by atoms with Crippen LogP contribution < -0.4 is 15.0 Å². The van der Waals surface area contributed by atoms with E-state index in [0.717, 1.165) is 28.0 Å². The van der Waals surface area contributed by atoms with Crippen molar-refractivity contribution in [3.63, 3.8) is 0 Å². The maximum absolute atomic E-state index is 13.2. The number of hydrogen-bond acceptors (Lipinski definition) is 3. The Morgan fingerprint density at radius 2 is 1.63 bits per heavy atom. The lowest BCUT2D eigenvalue weighted by Crippen LogP contribution is -2.61. The first-order valence-electron chi connectivity index (χ1n) is 12.1. The van der Waals surface area contributed by atoms with Crippen molar-refractivity contribution in [3.05, 3.63) is 114 Å². The summed E-state index contributed by atoms with van der Waals surface area (Å²) in [6, 6.07) is 30.8. The molecule has 0 saturated heterocycles. The second-order valence-electron chi connectivity index (χ2n) is 9.82. The number of amides is 1. The van der Waals surface area contributed by atoms with Crippen LogP contribution in [0.5, 0.6) is 5.75 Å². The van der Waals surface area contributed by atoms with Crippen molar-refractivity contribution in [2.24, 2.45) is 0 Å². The lowest BCUT2D eigenvalue weighted by atomic mass is 9.76. The van der Waals surface area contributed by atoms with Gasteiger partial charge in [0.1, 0.15) is 12.3 Å². The van der Waals surface area contributed by atoms with Crippen LogP contribution in [-0.2, 0) is 16.8 Å². The van der Waals surface area contributed by atoms with Gasteiger partial charge in [0.2, 0.25) is 11.6 Å². The number of nitrogens with zero attached hydrogens (tertiary/aromatic N) is 1. The molecular weight excluding hydrogens is 432 g/mol. The molecule has 4 aromatic rings. The number of para-hydroxylation sites is 1. The fourth-order valence-electron chi connectivity index (χ4n) is 5.56. The van der Waals surface area contributed by atoms with E-state index >= 15 is 0 Å². The van der Waals surface area contributed by atoms with Gasteiger partial charge in [-0.2, -0.15) is 0 Å². The number of hydrogen-bond donors (Lipinski definition) is 1. The fourth-order valence-corrected chi connectivity index (χ4v) is 5.56. The van der Waals surface area contributed by atoms with E-state index in [0.29, 0.717) is 6.54 Å². The van der Waals surface area contributed by atoms with Crippen molar-refractivity contribution in [2.45, 2.75) is 31.5 Å². The van der Waals surface area contributed by atoms with Gasteiger partial charge in [-0.1, -0.05) is 78.9 Å². The average Bonchev–Trinajstić information content (AvgIpc) is 3.06. The van der Waals surface area contributed by atoms with Crippen LogP contribution in [-0.4, -0.2) is 18.2 Å². The summed E-state index contributed by atoms with van der Waals surface area (Å²) in [5, 5.41) is 5.43. The van der Waals surface area contributed by atoms with Gasteiger partial charge in [-0.3, -0.25) is 4.79 Å². The predicted molar refractivity (Wildman–Crippen MR) is 141 cm³/mol. The highest BCUT2D eigenvalue weighted by molar-refractivity contribution is 5.94. The molecule has 174 valence electrons. The van der Waals surface area contributed by atoms with E-state index in [2.05, 4.69) is 90.8 Å². The van der Waals surface area contributed by atoms with Crippen LogP contribution >= 0.6 is 0 Å². The van der Waals surface area contributed by atoms with Crippen LogP contribution in [0.1, 0.15) is 30.5 Å². The standard InChI is InChI=1S/C31H28N2O2/c1-30(2)26-14-8-9-15-27(26)33(21-29(34)32-20-22-10-4-3-5-11-22)31(30)19-18-25-24-13-7-6-12-23(24)16-17-28(25)35-31/h3-19H,20-21H2,1-2H3,(H,32,34). The van der Waals surface area contributed by atoms with E-state index in [1.165, 1.54) is 10.9 Å². The summed E-state index contributed by atoms with van der Waals surface area (Å²) in [4.78, 5) is 15.3. The molecule has 1 unspecified atom stereocenters. The molecule has 0 fully saturated rings. The van der Waals surface area contributed by atoms with E-state index in [1.54, 1.807) is 0 Å². The van der Waals surface area contributed by atoms with E-state index in [1.807, 2.05) is 36.4 Å². The Morgan fingerprint density at radius 3 is 2.49 bits per heavy atom. The summed E-state index contributed by atoms with van der Waals surface area (Å²) in [6.07, 6.45) is 4.32. The third-order valence-electron chi connectivity index (χ3n) is 7.47. The number of benzene rings is 4. The Hall–Kier alpha value is -4.05. The number of ether oxygens (including phenoxy) is 1. The molecule has 1 spiro atoms. The van der Waals surface area contributed by atoms with Crippen LogP contribution in [0.15, 0.2) is 97.1 Å². The Morgan fingerprint density at radius 1 is 0.886 bits per heavy atom. The van der Waals surface area contributed by atoms with Crippen LogP contribution in [0.3, 0.4) is 0 Å². The predicted octanol–water partition coefficient (Wildman–Crippen LogP) is 6.06. The van der Waals surface area contributed by atoms with Gasteiger partial charge >= 0.3 is 0 Å². The minimum absolute atomic E-state index is 0.0398. The first kappa shape index (κ1) is 21.5. The van der Waals surface area contributed by atoms with Gasteiger partial charge in [0.15, 0.2) is 0 Å². The molecule has 2 aliphatic rings. The highest BCUT2D eigenvalue weighted by Crippen LogP contribution is 2.55. The second-order valence-corrected chi connectivity index (χ2v) is 9.82. The second kappa shape index (κ2) is 8.02. The van der Waals surface area contributed by atoms with E-state index in [9.17, 15) is 4.79 Å². The zero-order valence-corrected chi connectivity index (χ0v) is 20.0. The smallest absolute Gasteiger partial charge is 0.239 e. The van der Waals surface area contributed by atoms with E-state index in [4.69, 9.17) is 4.74 Å². The summed E-state index contributed by atoms with van der Waals surface area (Å²) in [5.74, 6) is 0.795. The lowest BCUT2D eigenvalue weighted by molar-refractivity contribution is -0.120. The van der Waals surface area contributed by atoms with Gasteiger partial charge in [-0.15, -0.1) is 0 Å². The highest BCUT2D eigenvalue weighted by Gasteiger charge is 2.59. The molecule has 4 aromatic carbocycles. The van der Waals surface area contributed by atoms with Gasteiger partial charge in [0, 0.05) is 17.8 Å². The molecule has 4 nitrogen and oxygen atoms in total. The highest BCUT2D eigenvalue weighted by atomic mass is 16.5. The SMILES string of the molecule is CC1(C)c2ccccc2N(CC(=O)NCc2ccccc2)C12C=Cc1c(ccc3ccccc13)O2. The first-order chi connectivity index (χ1) is 17.0. The summed E-state index contributed by atoms with van der Waals surface area (Å²) in [5.41, 5.74) is 3.15. The van der Waals surface area contributed by atoms with Gasteiger partial charge in [0.25, 0.3) is 0 Å². The largest absolute Gasteiger partial charge is 0.463 e. The van der Waals surface area contributed by atoms with Crippen LogP contribution in [0.2, 0.25) is 0 Å². The van der Waals surface area contributed by atoms with Crippen molar-refractivity contribution in [1.82, 2.24) is 5.32 Å². The molecular formula is C31H28N2O2. The normalized spacial score (nSPS) is 19.3. The van der Waals surface area contributed by atoms with Crippen molar-refractivity contribution in [3.8, 4) is 5.75 Å². The minimum atomic E-state index is -0.823. The van der Waals surface area contributed by atoms with Gasteiger partial charge in [-0.05, 0) is 60.0 Å². The van der Waals surface area contributed by atoms with Crippen LogP contribution in [0.25, 0.3) is 16.8 Å². The molecule has 0 aliphatic carbocycles. The fraction of sp³-hybridized carbons (Fsp3) is 0.194. The van der Waals surface area contributed by atoms with Gasteiger partial charge in [-0.25, -0.2) is 0 Å². The summed E-state index contributed by atoms with van der Waals surface area (Å²) < 4.78 is 6.92. The molecule has 6 rings (SSSR count). The third kappa shape index (κ3) is 3.32. The topological polar surface area (TPSA) is 41.6 Å². The van der Waals surface area contributed by atoms with Gasteiger partial charge < -0.3 is 15.0 Å². The monoisotopic (exact) mass is 460 g/mol. The molecule has 2 heterocycles. The first-order valence-corrected chi connectivity index (χ1v) is 12.1. The zero-order chi connectivity index (χ0) is 24.0. The molecule has 0 aromatic heterocycles.